The van der Waals surface area contributed by atoms with E-state index in [2.05, 4.69) is 29.0 Å². The zero-order valence-electron chi connectivity index (χ0n) is 17.8. The summed E-state index contributed by atoms with van der Waals surface area (Å²) in [5.41, 5.74) is 0. The Morgan fingerprint density at radius 1 is 0.963 bits per heavy atom. The summed E-state index contributed by atoms with van der Waals surface area (Å²) in [4.78, 5) is 10.1. The molecule has 1 atom stereocenters. The van der Waals surface area contributed by atoms with Crippen molar-refractivity contribution in [2.75, 3.05) is 45.9 Å². The van der Waals surface area contributed by atoms with Gasteiger partial charge in [0.25, 0.3) is 0 Å². The van der Waals surface area contributed by atoms with E-state index in [1.807, 2.05) is 0 Å². The van der Waals surface area contributed by atoms with Gasteiger partial charge in [-0.25, -0.2) is 0 Å². The van der Waals surface area contributed by atoms with Crippen molar-refractivity contribution in [3.05, 3.63) is 0 Å². The van der Waals surface area contributed by atoms with Gasteiger partial charge in [-0.2, -0.15) is 0 Å². The van der Waals surface area contributed by atoms with Crippen molar-refractivity contribution in [2.45, 2.75) is 83.8 Å². The van der Waals surface area contributed by atoms with Crippen LogP contribution in [0.2, 0.25) is 0 Å². The number of piperidine rings is 2. The van der Waals surface area contributed by atoms with Crippen molar-refractivity contribution < 1.29 is 4.74 Å². The van der Waals surface area contributed by atoms with Crippen LogP contribution < -0.4 is 5.32 Å². The first-order valence-electron chi connectivity index (χ1n) is 11.7. The minimum atomic E-state index is 0.457. The topological polar surface area (TPSA) is 40.1 Å². The van der Waals surface area contributed by atoms with Gasteiger partial charge in [-0.1, -0.05) is 26.2 Å². The minimum absolute atomic E-state index is 0.457. The molecule has 3 aliphatic rings. The van der Waals surface area contributed by atoms with Crippen molar-refractivity contribution in [3.63, 3.8) is 0 Å². The third kappa shape index (κ3) is 6.35. The van der Waals surface area contributed by atoms with Crippen LogP contribution in [0.4, 0.5) is 0 Å². The Morgan fingerprint density at radius 2 is 1.70 bits per heavy atom. The van der Waals surface area contributed by atoms with E-state index in [0.29, 0.717) is 12.1 Å². The maximum Gasteiger partial charge on any atom is 0.193 e. The van der Waals surface area contributed by atoms with E-state index < -0.39 is 0 Å². The van der Waals surface area contributed by atoms with Crippen molar-refractivity contribution in [2.24, 2.45) is 10.9 Å². The molecule has 1 aliphatic carbocycles. The lowest BCUT2D eigenvalue weighted by atomic mass is 10.0. The van der Waals surface area contributed by atoms with Gasteiger partial charge in [0, 0.05) is 32.3 Å². The molecule has 0 aromatic carbocycles. The van der Waals surface area contributed by atoms with E-state index >= 15 is 0 Å². The van der Waals surface area contributed by atoms with Gasteiger partial charge in [-0.3, -0.25) is 9.89 Å². The molecule has 0 aromatic rings. The summed E-state index contributed by atoms with van der Waals surface area (Å²) < 4.78 is 6.25. The summed E-state index contributed by atoms with van der Waals surface area (Å²) in [6, 6.07) is 0.629. The van der Waals surface area contributed by atoms with Crippen molar-refractivity contribution in [1.29, 1.82) is 0 Å². The van der Waals surface area contributed by atoms with Crippen LogP contribution in [-0.2, 0) is 4.74 Å². The molecule has 2 heterocycles. The SMILES string of the molecule is CCNC(=NCC1CCCCN1CC)N1CCC(OCC2CCCC2)CC1. The van der Waals surface area contributed by atoms with E-state index in [-0.39, 0.29) is 0 Å². The van der Waals surface area contributed by atoms with Crippen LogP contribution in [0.15, 0.2) is 4.99 Å². The molecule has 2 saturated heterocycles. The van der Waals surface area contributed by atoms with Crippen molar-refractivity contribution in [3.8, 4) is 0 Å². The van der Waals surface area contributed by atoms with Gasteiger partial charge in [0.2, 0.25) is 0 Å². The fraction of sp³-hybridized carbons (Fsp3) is 0.955. The van der Waals surface area contributed by atoms with E-state index in [0.717, 1.165) is 64.0 Å². The fourth-order valence-corrected chi connectivity index (χ4v) is 4.98. The number of guanidine groups is 1. The summed E-state index contributed by atoms with van der Waals surface area (Å²) in [5, 5.41) is 3.53. The number of likely N-dealkylation sites (tertiary alicyclic amines) is 2. The smallest absolute Gasteiger partial charge is 0.193 e. The van der Waals surface area contributed by atoms with Gasteiger partial charge in [0.15, 0.2) is 5.96 Å². The van der Waals surface area contributed by atoms with Gasteiger partial charge >= 0.3 is 0 Å². The molecule has 1 N–H and O–H groups in total. The first kappa shape index (κ1) is 20.9. The number of aliphatic imine (C=N–C) groups is 1. The molecule has 3 rings (SSSR count). The zero-order chi connectivity index (χ0) is 18.9. The van der Waals surface area contributed by atoms with Crippen LogP contribution in [0.3, 0.4) is 0 Å². The molecule has 156 valence electrons. The molecule has 5 nitrogen and oxygen atoms in total. The van der Waals surface area contributed by atoms with Crippen LogP contribution in [0.5, 0.6) is 0 Å². The summed E-state index contributed by atoms with van der Waals surface area (Å²) >= 11 is 0. The van der Waals surface area contributed by atoms with Gasteiger partial charge in [0.05, 0.1) is 12.6 Å². The van der Waals surface area contributed by atoms with Gasteiger partial charge in [0.1, 0.15) is 0 Å². The van der Waals surface area contributed by atoms with Crippen LogP contribution in [0.1, 0.15) is 71.6 Å². The summed E-state index contributed by atoms with van der Waals surface area (Å²) in [6.45, 7) is 11.9. The summed E-state index contributed by atoms with van der Waals surface area (Å²) in [7, 11) is 0. The highest BCUT2D eigenvalue weighted by molar-refractivity contribution is 5.80. The number of ether oxygens (including phenoxy) is 1. The molecule has 1 unspecified atom stereocenters. The Morgan fingerprint density at radius 3 is 2.41 bits per heavy atom. The Labute approximate surface area is 166 Å². The van der Waals surface area contributed by atoms with Gasteiger partial charge < -0.3 is 15.0 Å². The lowest BCUT2D eigenvalue weighted by Crippen LogP contribution is -2.48. The average Bonchev–Trinajstić information content (AvgIpc) is 3.24. The molecule has 0 spiro atoms. The predicted molar refractivity (Wildman–Crippen MR) is 113 cm³/mol. The predicted octanol–water partition coefficient (Wildman–Crippen LogP) is 3.50. The minimum Gasteiger partial charge on any atom is -0.378 e. The highest BCUT2D eigenvalue weighted by Crippen LogP contribution is 2.26. The second-order valence-corrected chi connectivity index (χ2v) is 8.64. The maximum atomic E-state index is 6.25. The van der Waals surface area contributed by atoms with Crippen LogP contribution in [-0.4, -0.2) is 73.8 Å². The molecule has 3 fully saturated rings. The summed E-state index contributed by atoms with van der Waals surface area (Å²) in [5.74, 6) is 1.95. The molecule has 5 heteroatoms. The molecule has 0 aromatic heterocycles. The first-order chi connectivity index (χ1) is 13.3. The van der Waals surface area contributed by atoms with Crippen LogP contribution >= 0.6 is 0 Å². The number of hydrogen-bond donors (Lipinski definition) is 1. The molecule has 0 amide bonds. The Kier molecular flexibility index (Phi) is 8.72. The molecule has 1 saturated carbocycles. The van der Waals surface area contributed by atoms with Crippen molar-refractivity contribution in [1.82, 2.24) is 15.1 Å². The number of nitrogens with one attached hydrogen (secondary N) is 1. The molecular weight excluding hydrogens is 336 g/mol. The third-order valence-electron chi connectivity index (χ3n) is 6.73. The van der Waals surface area contributed by atoms with Gasteiger partial charge in [-0.05, 0) is 64.5 Å². The Balaban J connectivity index is 1.45. The zero-order valence-corrected chi connectivity index (χ0v) is 17.8. The highest BCUT2D eigenvalue weighted by atomic mass is 16.5. The Bertz CT molecular complexity index is 442. The quantitative estimate of drug-likeness (QED) is 0.544. The van der Waals surface area contributed by atoms with Gasteiger partial charge in [-0.15, -0.1) is 0 Å². The largest absolute Gasteiger partial charge is 0.378 e. The Hall–Kier alpha value is -0.810. The van der Waals surface area contributed by atoms with Crippen LogP contribution in [0, 0.1) is 5.92 Å². The lowest BCUT2D eigenvalue weighted by Gasteiger charge is -2.36. The van der Waals surface area contributed by atoms with E-state index in [4.69, 9.17) is 9.73 Å². The first-order valence-corrected chi connectivity index (χ1v) is 11.7. The molecule has 2 aliphatic heterocycles. The molecular formula is C22H42N4O. The second kappa shape index (κ2) is 11.3. The standard InChI is InChI=1S/C22H42N4O/c1-3-23-22(24-17-20-11-7-8-14-25(20)4-2)26-15-12-21(13-16-26)27-18-19-9-5-6-10-19/h19-21H,3-18H2,1-2H3,(H,23,24). The number of hydrogen-bond acceptors (Lipinski definition) is 3. The monoisotopic (exact) mass is 378 g/mol. The lowest BCUT2D eigenvalue weighted by molar-refractivity contribution is 0.000989. The average molecular weight is 379 g/mol. The maximum absolute atomic E-state index is 6.25. The van der Waals surface area contributed by atoms with Crippen molar-refractivity contribution >= 4 is 5.96 Å². The fourth-order valence-electron chi connectivity index (χ4n) is 4.98. The van der Waals surface area contributed by atoms with E-state index in [9.17, 15) is 0 Å². The third-order valence-corrected chi connectivity index (χ3v) is 6.73. The molecule has 27 heavy (non-hydrogen) atoms. The second-order valence-electron chi connectivity index (χ2n) is 8.64. The normalized spacial score (nSPS) is 26.7. The highest BCUT2D eigenvalue weighted by Gasteiger charge is 2.25. The van der Waals surface area contributed by atoms with Crippen LogP contribution in [0.25, 0.3) is 0 Å². The van der Waals surface area contributed by atoms with E-state index in [1.54, 1.807) is 0 Å². The number of nitrogens with zero attached hydrogens (tertiary/aromatic N) is 3. The summed E-state index contributed by atoms with van der Waals surface area (Å²) in [6.07, 6.45) is 12.3. The molecule has 0 radical (unpaired) electrons. The molecule has 0 bridgehead atoms. The number of likely N-dealkylation sites (N-methyl/N-ethyl adjacent to an activating group) is 1. The van der Waals surface area contributed by atoms with E-state index in [1.165, 1.54) is 51.5 Å². The number of rotatable bonds is 7.